The molecular weight excluding hydrogens is 175 g/mol. The molecule has 1 saturated carbocycles. The van der Waals surface area contributed by atoms with Crippen LogP contribution in [-0.2, 0) is 4.79 Å². The number of carboxylic acids is 1. The van der Waals surface area contributed by atoms with E-state index in [9.17, 15) is 14.3 Å². The fourth-order valence-corrected chi connectivity index (χ4v) is 1.75. The van der Waals surface area contributed by atoms with Gasteiger partial charge in [0, 0.05) is 0 Å². The molecule has 0 bridgehead atoms. The number of carbonyl (C=O) groups is 1. The lowest BCUT2D eigenvalue weighted by Gasteiger charge is -2.35. The standard InChI is InChI=1S/C9H15FO3/c1-6-2-4-9(13,5-3-6)7(10)8(11)12/h6-7,13H,2-5H2,1H3,(H,11,12). The summed E-state index contributed by atoms with van der Waals surface area (Å²) in [7, 11) is 0. The highest BCUT2D eigenvalue weighted by atomic mass is 19.1. The molecule has 1 atom stereocenters. The van der Waals surface area contributed by atoms with Crippen LogP contribution in [0.2, 0.25) is 0 Å². The Bertz CT molecular complexity index is 197. The molecule has 0 aliphatic heterocycles. The first kappa shape index (κ1) is 10.4. The first-order valence-electron chi connectivity index (χ1n) is 4.55. The number of carboxylic acid groups (broad SMARTS) is 1. The van der Waals surface area contributed by atoms with Crippen LogP contribution >= 0.6 is 0 Å². The van der Waals surface area contributed by atoms with Crippen molar-refractivity contribution in [3.8, 4) is 0 Å². The van der Waals surface area contributed by atoms with E-state index < -0.39 is 17.7 Å². The largest absolute Gasteiger partial charge is 0.479 e. The number of hydrogen-bond donors (Lipinski definition) is 2. The van der Waals surface area contributed by atoms with Gasteiger partial charge in [0.05, 0.1) is 0 Å². The third-order valence-electron chi connectivity index (χ3n) is 2.83. The highest BCUT2D eigenvalue weighted by Gasteiger charge is 2.43. The Morgan fingerprint density at radius 2 is 2.00 bits per heavy atom. The van der Waals surface area contributed by atoms with Gasteiger partial charge in [-0.15, -0.1) is 0 Å². The minimum atomic E-state index is -2.14. The second-order valence-electron chi connectivity index (χ2n) is 3.99. The number of halogens is 1. The van der Waals surface area contributed by atoms with Gasteiger partial charge >= 0.3 is 5.97 Å². The van der Waals surface area contributed by atoms with E-state index in [0.717, 1.165) is 0 Å². The van der Waals surface area contributed by atoms with Crippen molar-refractivity contribution in [1.29, 1.82) is 0 Å². The predicted molar refractivity (Wildman–Crippen MR) is 45.1 cm³/mol. The van der Waals surface area contributed by atoms with Crippen LogP contribution < -0.4 is 0 Å². The molecule has 76 valence electrons. The normalized spacial score (nSPS) is 37.0. The van der Waals surface area contributed by atoms with Crippen molar-refractivity contribution in [2.24, 2.45) is 5.92 Å². The van der Waals surface area contributed by atoms with Gasteiger partial charge in [-0.1, -0.05) is 6.92 Å². The van der Waals surface area contributed by atoms with E-state index >= 15 is 0 Å². The van der Waals surface area contributed by atoms with Crippen LogP contribution in [0.5, 0.6) is 0 Å². The Hall–Kier alpha value is -0.640. The predicted octanol–water partition coefficient (Wildman–Crippen LogP) is 1.35. The van der Waals surface area contributed by atoms with Crippen molar-refractivity contribution in [2.75, 3.05) is 0 Å². The SMILES string of the molecule is CC1CCC(O)(C(F)C(=O)O)CC1. The maximum Gasteiger partial charge on any atom is 0.341 e. The zero-order valence-electron chi connectivity index (χ0n) is 7.66. The lowest BCUT2D eigenvalue weighted by atomic mass is 9.77. The third kappa shape index (κ3) is 2.18. The van der Waals surface area contributed by atoms with Crippen LogP contribution in [0, 0.1) is 5.92 Å². The van der Waals surface area contributed by atoms with Crippen LogP contribution in [0.1, 0.15) is 32.6 Å². The summed E-state index contributed by atoms with van der Waals surface area (Å²) in [5, 5.41) is 18.1. The molecule has 0 radical (unpaired) electrons. The molecule has 0 aromatic rings. The molecule has 0 heterocycles. The van der Waals surface area contributed by atoms with E-state index in [1.165, 1.54) is 0 Å². The van der Waals surface area contributed by atoms with Crippen molar-refractivity contribution in [1.82, 2.24) is 0 Å². The summed E-state index contributed by atoms with van der Waals surface area (Å²) < 4.78 is 13.1. The number of rotatable bonds is 2. The van der Waals surface area contributed by atoms with Crippen molar-refractivity contribution in [3.63, 3.8) is 0 Å². The molecule has 1 rings (SSSR count). The molecule has 0 aromatic heterocycles. The van der Waals surface area contributed by atoms with E-state index in [-0.39, 0.29) is 12.8 Å². The summed E-state index contributed by atoms with van der Waals surface area (Å²) in [6.45, 7) is 2.02. The van der Waals surface area contributed by atoms with E-state index in [2.05, 4.69) is 0 Å². The maximum absolute atomic E-state index is 13.1. The molecule has 0 spiro atoms. The van der Waals surface area contributed by atoms with Gasteiger partial charge in [0.2, 0.25) is 6.17 Å². The Kier molecular flexibility index (Phi) is 2.91. The molecule has 3 nitrogen and oxygen atoms in total. The first-order valence-corrected chi connectivity index (χ1v) is 4.55. The van der Waals surface area contributed by atoms with Crippen LogP contribution in [0.4, 0.5) is 4.39 Å². The van der Waals surface area contributed by atoms with Crippen molar-refractivity contribution in [2.45, 2.75) is 44.4 Å². The van der Waals surface area contributed by atoms with Crippen LogP contribution in [0.15, 0.2) is 0 Å². The summed E-state index contributed by atoms with van der Waals surface area (Å²) >= 11 is 0. The topological polar surface area (TPSA) is 57.5 Å². The van der Waals surface area contributed by atoms with E-state index in [1.54, 1.807) is 0 Å². The van der Waals surface area contributed by atoms with Gasteiger partial charge in [0.15, 0.2) is 0 Å². The second-order valence-corrected chi connectivity index (χ2v) is 3.99. The van der Waals surface area contributed by atoms with Crippen molar-refractivity contribution >= 4 is 5.97 Å². The average Bonchev–Trinajstić information content (AvgIpc) is 2.09. The molecule has 0 aromatic carbocycles. The lowest BCUT2D eigenvalue weighted by Crippen LogP contribution is -2.46. The van der Waals surface area contributed by atoms with Gasteiger partial charge < -0.3 is 10.2 Å². The fraction of sp³-hybridized carbons (Fsp3) is 0.889. The van der Waals surface area contributed by atoms with Crippen LogP contribution in [-0.4, -0.2) is 28.0 Å². The molecule has 1 fully saturated rings. The molecular formula is C9H15FO3. The summed E-state index contributed by atoms with van der Waals surface area (Å²) in [5.74, 6) is -1.10. The van der Waals surface area contributed by atoms with Gasteiger partial charge in [0.25, 0.3) is 0 Å². The monoisotopic (exact) mass is 190 g/mol. The molecule has 4 heteroatoms. The summed E-state index contributed by atoms with van der Waals surface area (Å²) in [5.41, 5.74) is -1.63. The second kappa shape index (κ2) is 3.62. The van der Waals surface area contributed by atoms with Gasteiger partial charge in [-0.05, 0) is 31.6 Å². The molecule has 0 amide bonds. The summed E-state index contributed by atoms with van der Waals surface area (Å²) in [6.07, 6.45) is -0.238. The Balaban J connectivity index is 2.61. The summed E-state index contributed by atoms with van der Waals surface area (Å²) in [4.78, 5) is 10.4. The average molecular weight is 190 g/mol. The Morgan fingerprint density at radius 1 is 1.54 bits per heavy atom. The molecule has 0 saturated heterocycles. The van der Waals surface area contributed by atoms with Crippen LogP contribution in [0.25, 0.3) is 0 Å². The summed E-state index contributed by atoms with van der Waals surface area (Å²) in [6, 6.07) is 0. The number of hydrogen-bond acceptors (Lipinski definition) is 2. The van der Waals surface area contributed by atoms with E-state index in [4.69, 9.17) is 5.11 Å². The third-order valence-corrected chi connectivity index (χ3v) is 2.83. The van der Waals surface area contributed by atoms with Gasteiger partial charge in [0.1, 0.15) is 5.60 Å². The van der Waals surface area contributed by atoms with E-state index in [0.29, 0.717) is 18.8 Å². The maximum atomic E-state index is 13.1. The highest BCUT2D eigenvalue weighted by Crippen LogP contribution is 2.35. The lowest BCUT2D eigenvalue weighted by molar-refractivity contribution is -0.158. The Labute approximate surface area is 76.6 Å². The zero-order chi connectivity index (χ0) is 10.1. The molecule has 13 heavy (non-hydrogen) atoms. The minimum absolute atomic E-state index is 0.252. The molecule has 1 aliphatic rings. The van der Waals surface area contributed by atoms with Gasteiger partial charge in [-0.25, -0.2) is 9.18 Å². The van der Waals surface area contributed by atoms with Crippen molar-refractivity contribution in [3.05, 3.63) is 0 Å². The van der Waals surface area contributed by atoms with Gasteiger partial charge in [-0.2, -0.15) is 0 Å². The quantitative estimate of drug-likeness (QED) is 0.691. The zero-order valence-corrected chi connectivity index (χ0v) is 7.66. The minimum Gasteiger partial charge on any atom is -0.479 e. The van der Waals surface area contributed by atoms with Crippen LogP contribution in [0.3, 0.4) is 0 Å². The number of aliphatic hydroxyl groups is 1. The molecule has 1 unspecified atom stereocenters. The smallest absolute Gasteiger partial charge is 0.341 e. The number of alkyl halides is 1. The number of aliphatic carboxylic acids is 1. The molecule has 1 aliphatic carbocycles. The highest BCUT2D eigenvalue weighted by molar-refractivity contribution is 5.73. The Morgan fingerprint density at radius 3 is 2.38 bits per heavy atom. The molecule has 2 N–H and O–H groups in total. The van der Waals surface area contributed by atoms with Crippen molar-refractivity contribution < 1.29 is 19.4 Å². The fourth-order valence-electron chi connectivity index (χ4n) is 1.75. The first-order chi connectivity index (χ1) is 5.96. The van der Waals surface area contributed by atoms with E-state index in [1.807, 2.05) is 6.92 Å². The van der Waals surface area contributed by atoms with Gasteiger partial charge in [-0.3, -0.25) is 0 Å².